The van der Waals surface area contributed by atoms with Gasteiger partial charge in [0.2, 0.25) is 6.79 Å². The molecule has 5 nitrogen and oxygen atoms in total. The smallest absolute Gasteiger partial charge is 0.252 e. The Morgan fingerprint density at radius 3 is 2.55 bits per heavy atom. The molecule has 0 spiro atoms. The Hall–Kier alpha value is -1.57. The van der Waals surface area contributed by atoms with E-state index >= 15 is 0 Å². The number of thiophene rings is 1. The number of nitrogens with zero attached hydrogens (tertiary/aromatic N) is 1. The van der Waals surface area contributed by atoms with Gasteiger partial charge in [-0.2, -0.15) is 4.31 Å². The van der Waals surface area contributed by atoms with Gasteiger partial charge in [-0.05, 0) is 48.7 Å². The van der Waals surface area contributed by atoms with Gasteiger partial charge in [0.15, 0.2) is 11.5 Å². The maximum atomic E-state index is 12.7. The molecular weight excluding hydrogens is 322 g/mol. The fourth-order valence-corrected chi connectivity index (χ4v) is 5.66. The molecule has 0 atom stereocenters. The van der Waals surface area contributed by atoms with Gasteiger partial charge in [0.25, 0.3) is 10.0 Å². The minimum absolute atomic E-state index is 0.231. The van der Waals surface area contributed by atoms with Crippen molar-refractivity contribution >= 4 is 21.4 Å². The number of benzene rings is 1. The number of aryl methyl sites for hydroxylation is 1. The van der Waals surface area contributed by atoms with E-state index in [2.05, 4.69) is 0 Å². The lowest BCUT2D eigenvalue weighted by Gasteiger charge is -2.27. The lowest BCUT2D eigenvalue weighted by Crippen LogP contribution is -2.35. The van der Waals surface area contributed by atoms with Gasteiger partial charge >= 0.3 is 0 Å². The first-order valence-electron chi connectivity index (χ1n) is 7.02. The third-order valence-corrected chi connectivity index (χ3v) is 7.30. The summed E-state index contributed by atoms with van der Waals surface area (Å²) in [6, 6.07) is 7.40. The van der Waals surface area contributed by atoms with Crippen LogP contribution in [0.15, 0.2) is 28.5 Å². The van der Waals surface area contributed by atoms with Crippen LogP contribution in [0.4, 0.5) is 0 Å². The van der Waals surface area contributed by atoms with Crippen LogP contribution in [0.5, 0.6) is 11.5 Å². The summed E-state index contributed by atoms with van der Waals surface area (Å²) in [5.41, 5.74) is 2.13. The Morgan fingerprint density at radius 1 is 1.14 bits per heavy atom. The summed E-state index contributed by atoms with van der Waals surface area (Å²) >= 11 is 1.32. The van der Waals surface area contributed by atoms with Crippen LogP contribution in [0, 0.1) is 6.92 Å². The van der Waals surface area contributed by atoms with Crippen molar-refractivity contribution in [3.63, 3.8) is 0 Å². The molecule has 116 valence electrons. The Balaban J connectivity index is 1.67. The second-order valence-corrected chi connectivity index (χ2v) is 8.88. The van der Waals surface area contributed by atoms with Crippen molar-refractivity contribution in [1.29, 1.82) is 0 Å². The standard InChI is InChI=1S/C15H15NO4S2/c1-10-2-3-15(21-10)22(17,18)16-5-4-11-6-13-14(20-9-19-13)7-12(11)8-16/h2-3,6-7H,4-5,8-9H2,1H3. The quantitative estimate of drug-likeness (QED) is 0.845. The SMILES string of the molecule is Cc1ccc(S(=O)(=O)N2CCc3cc4c(cc3C2)OCO4)s1. The highest BCUT2D eigenvalue weighted by molar-refractivity contribution is 7.91. The average molecular weight is 337 g/mol. The number of rotatable bonds is 2. The highest BCUT2D eigenvalue weighted by Gasteiger charge is 2.30. The molecule has 0 bridgehead atoms. The summed E-state index contributed by atoms with van der Waals surface area (Å²) in [4.78, 5) is 0.999. The number of ether oxygens (including phenoxy) is 2. The minimum Gasteiger partial charge on any atom is -0.454 e. The number of fused-ring (bicyclic) bond motifs is 2. The molecule has 0 saturated carbocycles. The van der Waals surface area contributed by atoms with Gasteiger partial charge in [0, 0.05) is 18.0 Å². The third-order valence-electron chi connectivity index (χ3n) is 3.98. The predicted molar refractivity (Wildman–Crippen MR) is 82.9 cm³/mol. The lowest BCUT2D eigenvalue weighted by atomic mass is 10.0. The van der Waals surface area contributed by atoms with Crippen LogP contribution < -0.4 is 9.47 Å². The van der Waals surface area contributed by atoms with E-state index in [0.717, 1.165) is 21.8 Å². The number of hydrogen-bond acceptors (Lipinski definition) is 5. The molecule has 0 fully saturated rings. The molecule has 22 heavy (non-hydrogen) atoms. The van der Waals surface area contributed by atoms with E-state index in [0.29, 0.717) is 29.5 Å². The van der Waals surface area contributed by atoms with Gasteiger partial charge in [-0.1, -0.05) is 0 Å². The second kappa shape index (κ2) is 4.97. The van der Waals surface area contributed by atoms with Crippen molar-refractivity contribution in [2.75, 3.05) is 13.3 Å². The molecule has 0 aliphatic carbocycles. The molecule has 1 aromatic carbocycles. The Kier molecular flexibility index (Phi) is 3.18. The molecule has 0 radical (unpaired) electrons. The van der Waals surface area contributed by atoms with Gasteiger partial charge in [-0.25, -0.2) is 8.42 Å². The Labute approximate surface area is 133 Å². The van der Waals surface area contributed by atoms with E-state index in [-0.39, 0.29) is 6.79 Å². The average Bonchev–Trinajstić information content (AvgIpc) is 3.12. The highest BCUT2D eigenvalue weighted by Crippen LogP contribution is 2.38. The molecule has 0 unspecified atom stereocenters. The first-order valence-corrected chi connectivity index (χ1v) is 9.28. The molecule has 1 aromatic heterocycles. The molecular formula is C15H15NO4S2. The zero-order valence-electron chi connectivity index (χ0n) is 12.0. The summed E-state index contributed by atoms with van der Waals surface area (Å²) in [6.07, 6.45) is 0.690. The van der Waals surface area contributed by atoms with Gasteiger partial charge < -0.3 is 9.47 Å². The normalized spacial score (nSPS) is 17.5. The molecule has 0 saturated heterocycles. The minimum atomic E-state index is -3.42. The number of sulfonamides is 1. The molecule has 2 aliphatic rings. The number of hydrogen-bond donors (Lipinski definition) is 0. The highest BCUT2D eigenvalue weighted by atomic mass is 32.2. The molecule has 0 amide bonds. The van der Waals surface area contributed by atoms with Crippen LogP contribution in [0.25, 0.3) is 0 Å². The lowest BCUT2D eigenvalue weighted by molar-refractivity contribution is 0.174. The van der Waals surface area contributed by atoms with Gasteiger partial charge in [-0.3, -0.25) is 0 Å². The van der Waals surface area contributed by atoms with Crippen LogP contribution in [0.1, 0.15) is 16.0 Å². The topological polar surface area (TPSA) is 55.8 Å². The van der Waals surface area contributed by atoms with Gasteiger partial charge in [-0.15, -0.1) is 11.3 Å². The van der Waals surface area contributed by atoms with Gasteiger partial charge in [0.1, 0.15) is 4.21 Å². The van der Waals surface area contributed by atoms with Crippen molar-refractivity contribution in [2.24, 2.45) is 0 Å². The zero-order valence-corrected chi connectivity index (χ0v) is 13.7. The van der Waals surface area contributed by atoms with E-state index in [9.17, 15) is 8.42 Å². The Morgan fingerprint density at radius 2 is 1.86 bits per heavy atom. The summed E-state index contributed by atoms with van der Waals surface area (Å²) in [6.45, 7) is 3.02. The van der Waals surface area contributed by atoms with Crippen LogP contribution in [-0.4, -0.2) is 26.1 Å². The zero-order chi connectivity index (χ0) is 15.3. The maximum absolute atomic E-state index is 12.7. The van der Waals surface area contributed by atoms with Crippen molar-refractivity contribution in [3.8, 4) is 11.5 Å². The molecule has 7 heteroatoms. The van der Waals surface area contributed by atoms with E-state index in [4.69, 9.17) is 9.47 Å². The van der Waals surface area contributed by atoms with Crippen molar-refractivity contribution < 1.29 is 17.9 Å². The van der Waals surface area contributed by atoms with E-state index in [1.165, 1.54) is 11.3 Å². The first-order chi connectivity index (χ1) is 10.5. The molecule has 2 aromatic rings. The molecule has 0 N–H and O–H groups in total. The van der Waals surface area contributed by atoms with Crippen molar-refractivity contribution in [1.82, 2.24) is 4.31 Å². The largest absolute Gasteiger partial charge is 0.454 e. The Bertz CT molecular complexity index is 841. The van der Waals surface area contributed by atoms with Gasteiger partial charge in [0.05, 0.1) is 0 Å². The third kappa shape index (κ3) is 2.20. The second-order valence-electron chi connectivity index (χ2n) is 5.43. The van der Waals surface area contributed by atoms with Crippen LogP contribution in [-0.2, 0) is 23.0 Å². The van der Waals surface area contributed by atoms with E-state index in [1.807, 2.05) is 25.1 Å². The molecule has 2 aliphatic heterocycles. The monoisotopic (exact) mass is 337 g/mol. The van der Waals surface area contributed by atoms with Crippen LogP contribution >= 0.6 is 11.3 Å². The summed E-state index contributed by atoms with van der Waals surface area (Å²) < 4.78 is 38.2. The maximum Gasteiger partial charge on any atom is 0.252 e. The summed E-state index contributed by atoms with van der Waals surface area (Å²) in [7, 11) is -3.42. The van der Waals surface area contributed by atoms with E-state index < -0.39 is 10.0 Å². The summed E-state index contributed by atoms with van der Waals surface area (Å²) in [5, 5.41) is 0. The fourth-order valence-electron chi connectivity index (χ4n) is 2.80. The first kappa shape index (κ1) is 14.0. The predicted octanol–water partition coefficient (Wildman–Crippen LogP) is 2.53. The van der Waals surface area contributed by atoms with Crippen molar-refractivity contribution in [2.45, 2.75) is 24.1 Å². The summed E-state index contributed by atoms with van der Waals surface area (Å²) in [5.74, 6) is 1.45. The van der Waals surface area contributed by atoms with Crippen LogP contribution in [0.3, 0.4) is 0 Å². The molecule has 4 rings (SSSR count). The van der Waals surface area contributed by atoms with E-state index in [1.54, 1.807) is 10.4 Å². The fraction of sp³-hybridized carbons (Fsp3) is 0.333. The van der Waals surface area contributed by atoms with Crippen LogP contribution in [0.2, 0.25) is 0 Å². The van der Waals surface area contributed by atoms with Crippen molar-refractivity contribution in [3.05, 3.63) is 40.3 Å². The molecule has 3 heterocycles.